The normalized spacial score (nSPS) is 17.6. The Morgan fingerprint density at radius 1 is 1.23 bits per heavy atom. The number of hydrogen-bond acceptors (Lipinski definition) is 4. The van der Waals surface area contributed by atoms with E-state index in [1.165, 1.54) is 16.9 Å². The first kappa shape index (κ1) is 14.9. The molecule has 1 unspecified atom stereocenters. The molecule has 22 heavy (non-hydrogen) atoms. The van der Waals surface area contributed by atoms with Gasteiger partial charge in [0.25, 0.3) is 0 Å². The fourth-order valence-corrected chi connectivity index (χ4v) is 3.53. The van der Waals surface area contributed by atoms with Crippen molar-refractivity contribution in [2.24, 2.45) is 0 Å². The van der Waals surface area contributed by atoms with E-state index in [9.17, 15) is 9.59 Å². The van der Waals surface area contributed by atoms with E-state index in [0.717, 1.165) is 24.4 Å². The van der Waals surface area contributed by atoms with Crippen molar-refractivity contribution in [3.63, 3.8) is 0 Å². The Balaban J connectivity index is 1.50. The third-order valence-electron chi connectivity index (χ3n) is 4.08. The van der Waals surface area contributed by atoms with Gasteiger partial charge in [0.2, 0.25) is 5.91 Å². The number of thiophene rings is 1. The number of carbonyl (C=O) groups excluding carboxylic acids is 2. The average molecular weight is 314 g/mol. The zero-order valence-corrected chi connectivity index (χ0v) is 13.1. The van der Waals surface area contributed by atoms with Gasteiger partial charge in [-0.15, -0.1) is 11.3 Å². The maximum Gasteiger partial charge on any atom is 0.223 e. The highest BCUT2D eigenvalue weighted by atomic mass is 32.1. The van der Waals surface area contributed by atoms with Gasteiger partial charge in [0.05, 0.1) is 4.88 Å². The monoisotopic (exact) mass is 314 g/mol. The summed E-state index contributed by atoms with van der Waals surface area (Å²) in [6, 6.07) is 7.70. The van der Waals surface area contributed by atoms with Gasteiger partial charge in [-0.05, 0) is 35.6 Å². The number of pyridine rings is 1. The highest BCUT2D eigenvalue weighted by molar-refractivity contribution is 7.12. The van der Waals surface area contributed by atoms with E-state index in [-0.39, 0.29) is 11.7 Å². The van der Waals surface area contributed by atoms with E-state index < -0.39 is 0 Å². The Morgan fingerprint density at radius 2 is 2.05 bits per heavy atom. The molecule has 4 nitrogen and oxygen atoms in total. The van der Waals surface area contributed by atoms with Crippen LogP contribution in [0, 0.1) is 0 Å². The molecule has 0 spiro atoms. The number of nitrogens with zero attached hydrogens (tertiary/aromatic N) is 2. The SMILES string of the molecule is O=C(CCC(=O)N1CCC(c2ccncc2)C1)c1cccs1. The molecule has 1 aliphatic heterocycles. The Hall–Kier alpha value is -2.01. The molecule has 1 amide bonds. The van der Waals surface area contributed by atoms with Crippen LogP contribution in [0.15, 0.2) is 42.0 Å². The lowest BCUT2D eigenvalue weighted by molar-refractivity contribution is -0.130. The Labute approximate surface area is 133 Å². The summed E-state index contributed by atoms with van der Waals surface area (Å²) in [7, 11) is 0. The fraction of sp³-hybridized carbons (Fsp3) is 0.353. The molecule has 0 saturated carbocycles. The summed E-state index contributed by atoms with van der Waals surface area (Å²) >= 11 is 1.43. The predicted octanol–water partition coefficient (Wildman–Crippen LogP) is 3.12. The van der Waals surface area contributed by atoms with Crippen LogP contribution in [0.25, 0.3) is 0 Å². The lowest BCUT2D eigenvalue weighted by atomic mass is 10.00. The van der Waals surface area contributed by atoms with E-state index in [4.69, 9.17) is 0 Å². The molecular weight excluding hydrogens is 296 g/mol. The first-order valence-corrected chi connectivity index (χ1v) is 8.36. The van der Waals surface area contributed by atoms with Crippen molar-refractivity contribution < 1.29 is 9.59 Å². The number of Topliss-reactive ketones (excluding diaryl/α,β-unsaturated/α-hetero) is 1. The molecule has 0 aliphatic carbocycles. The molecule has 1 fully saturated rings. The number of rotatable bonds is 5. The van der Waals surface area contributed by atoms with Gasteiger partial charge < -0.3 is 4.90 Å². The lowest BCUT2D eigenvalue weighted by Crippen LogP contribution is -2.28. The predicted molar refractivity (Wildman–Crippen MR) is 86.1 cm³/mol. The molecule has 0 radical (unpaired) electrons. The smallest absolute Gasteiger partial charge is 0.223 e. The molecule has 0 bridgehead atoms. The Bertz CT molecular complexity index is 640. The topological polar surface area (TPSA) is 50.3 Å². The van der Waals surface area contributed by atoms with Crippen LogP contribution < -0.4 is 0 Å². The van der Waals surface area contributed by atoms with Crippen molar-refractivity contribution in [1.82, 2.24) is 9.88 Å². The lowest BCUT2D eigenvalue weighted by Gasteiger charge is -2.16. The molecule has 0 aromatic carbocycles. The zero-order chi connectivity index (χ0) is 15.4. The highest BCUT2D eigenvalue weighted by Gasteiger charge is 2.27. The summed E-state index contributed by atoms with van der Waals surface area (Å²) < 4.78 is 0. The minimum Gasteiger partial charge on any atom is -0.342 e. The average Bonchev–Trinajstić information content (AvgIpc) is 3.24. The summed E-state index contributed by atoms with van der Waals surface area (Å²) in [4.78, 5) is 30.9. The summed E-state index contributed by atoms with van der Waals surface area (Å²) in [6.45, 7) is 1.52. The number of ketones is 1. The van der Waals surface area contributed by atoms with Gasteiger partial charge in [0.15, 0.2) is 5.78 Å². The molecule has 114 valence electrons. The summed E-state index contributed by atoms with van der Waals surface area (Å²) in [5.41, 5.74) is 1.24. The van der Waals surface area contributed by atoms with Crippen LogP contribution in [0.3, 0.4) is 0 Å². The summed E-state index contributed by atoms with van der Waals surface area (Å²) in [5, 5.41) is 1.88. The molecule has 0 N–H and O–H groups in total. The first-order chi connectivity index (χ1) is 10.7. The van der Waals surface area contributed by atoms with E-state index >= 15 is 0 Å². The minimum atomic E-state index is 0.0632. The first-order valence-electron chi connectivity index (χ1n) is 7.48. The molecule has 2 aromatic heterocycles. The van der Waals surface area contributed by atoms with Crippen LogP contribution in [0.4, 0.5) is 0 Å². The van der Waals surface area contributed by atoms with E-state index in [1.54, 1.807) is 12.4 Å². The minimum absolute atomic E-state index is 0.0632. The third kappa shape index (κ3) is 3.42. The van der Waals surface area contributed by atoms with Gasteiger partial charge in [-0.1, -0.05) is 6.07 Å². The zero-order valence-electron chi connectivity index (χ0n) is 12.3. The molecule has 3 rings (SSSR count). The van der Waals surface area contributed by atoms with E-state index in [0.29, 0.717) is 18.8 Å². The van der Waals surface area contributed by atoms with E-state index in [1.807, 2.05) is 34.5 Å². The molecule has 1 atom stereocenters. The number of carbonyl (C=O) groups is 2. The van der Waals surface area contributed by atoms with Gasteiger partial charge >= 0.3 is 0 Å². The van der Waals surface area contributed by atoms with Gasteiger partial charge in [0, 0.05) is 44.2 Å². The van der Waals surface area contributed by atoms with E-state index in [2.05, 4.69) is 4.98 Å². The molecule has 2 aromatic rings. The van der Waals surface area contributed by atoms with Gasteiger partial charge in [-0.3, -0.25) is 14.6 Å². The second kappa shape index (κ2) is 6.83. The fourth-order valence-electron chi connectivity index (χ4n) is 2.83. The van der Waals surface area contributed by atoms with Crippen LogP contribution in [-0.4, -0.2) is 34.7 Å². The van der Waals surface area contributed by atoms with Crippen LogP contribution in [0.1, 0.15) is 40.4 Å². The van der Waals surface area contributed by atoms with Gasteiger partial charge in [-0.2, -0.15) is 0 Å². The van der Waals surface area contributed by atoms with Crippen LogP contribution >= 0.6 is 11.3 Å². The quantitative estimate of drug-likeness (QED) is 0.797. The summed E-state index contributed by atoms with van der Waals surface area (Å²) in [6.07, 6.45) is 5.17. The van der Waals surface area contributed by atoms with Crippen molar-refractivity contribution in [2.45, 2.75) is 25.2 Å². The Morgan fingerprint density at radius 3 is 2.77 bits per heavy atom. The van der Waals surface area contributed by atoms with Gasteiger partial charge in [-0.25, -0.2) is 0 Å². The second-order valence-electron chi connectivity index (χ2n) is 5.51. The molecule has 5 heteroatoms. The van der Waals surface area contributed by atoms with Gasteiger partial charge in [0.1, 0.15) is 0 Å². The Kier molecular flexibility index (Phi) is 4.63. The maximum atomic E-state index is 12.3. The molecule has 1 aliphatic rings. The molecule has 3 heterocycles. The highest BCUT2D eigenvalue weighted by Crippen LogP contribution is 2.27. The largest absolute Gasteiger partial charge is 0.342 e. The van der Waals surface area contributed by atoms with Crippen LogP contribution in [0.5, 0.6) is 0 Å². The number of aromatic nitrogens is 1. The maximum absolute atomic E-state index is 12.3. The van der Waals surface area contributed by atoms with Crippen molar-refractivity contribution in [3.8, 4) is 0 Å². The van der Waals surface area contributed by atoms with Crippen molar-refractivity contribution in [2.75, 3.05) is 13.1 Å². The standard InChI is InChI=1S/C17H18N2O2S/c20-15(16-2-1-11-22-16)3-4-17(21)19-10-7-14(12-19)13-5-8-18-9-6-13/h1-2,5-6,8-9,11,14H,3-4,7,10,12H2. The molecule has 1 saturated heterocycles. The van der Waals surface area contributed by atoms with Crippen molar-refractivity contribution >= 4 is 23.0 Å². The molecular formula is C17H18N2O2S. The number of likely N-dealkylation sites (tertiary alicyclic amines) is 1. The second-order valence-corrected chi connectivity index (χ2v) is 6.45. The third-order valence-corrected chi connectivity index (χ3v) is 4.99. The van der Waals surface area contributed by atoms with Crippen LogP contribution in [0.2, 0.25) is 0 Å². The van der Waals surface area contributed by atoms with Crippen molar-refractivity contribution in [3.05, 3.63) is 52.5 Å². The number of hydrogen-bond donors (Lipinski definition) is 0. The van der Waals surface area contributed by atoms with Crippen molar-refractivity contribution in [1.29, 1.82) is 0 Å². The number of amides is 1. The summed E-state index contributed by atoms with van der Waals surface area (Å²) in [5.74, 6) is 0.537. The van der Waals surface area contributed by atoms with Crippen LogP contribution in [-0.2, 0) is 4.79 Å².